The molecule has 0 spiro atoms. The Morgan fingerprint density at radius 3 is 1.92 bits per heavy atom. The summed E-state index contributed by atoms with van der Waals surface area (Å²) in [5.41, 5.74) is 9.26. The van der Waals surface area contributed by atoms with E-state index in [4.69, 9.17) is 10.5 Å². The fourth-order valence-electron chi connectivity index (χ4n) is 10.7. The molecule has 3 aromatic carbocycles. The van der Waals surface area contributed by atoms with Crippen LogP contribution in [0.3, 0.4) is 0 Å². The predicted molar refractivity (Wildman–Crippen MR) is 256 cm³/mol. The molecular weight excluding hydrogens is 853 g/mol. The zero-order valence-electron chi connectivity index (χ0n) is 38.5. The van der Waals surface area contributed by atoms with E-state index in [9.17, 15) is 28.8 Å². The number of ether oxygens (including phenoxy) is 1. The van der Waals surface area contributed by atoms with Crippen molar-refractivity contribution in [3.63, 3.8) is 0 Å². The minimum Gasteiger partial charge on any atom is -0.461 e. The number of hydrogen-bond acceptors (Lipinski definition) is 9. The smallest absolute Gasteiger partial charge is 0.325 e. The second-order valence-electron chi connectivity index (χ2n) is 18.9. The first kappa shape index (κ1) is 48.7. The first-order chi connectivity index (χ1) is 32.0. The molecule has 2 saturated carbocycles. The molecule has 4 aliphatic rings. The summed E-state index contributed by atoms with van der Waals surface area (Å²) >= 11 is 1.49. The molecule has 7 rings (SSSR count). The zero-order valence-corrected chi connectivity index (χ0v) is 39.4. The lowest BCUT2D eigenvalue weighted by molar-refractivity contribution is -0.150. The minimum atomic E-state index is -1.13. The Kier molecular flexibility index (Phi) is 17.0. The molecule has 0 aromatic heterocycles. The molecule has 5 amide bonds. The van der Waals surface area contributed by atoms with Gasteiger partial charge >= 0.3 is 5.97 Å². The van der Waals surface area contributed by atoms with Gasteiger partial charge < -0.3 is 36.2 Å². The van der Waals surface area contributed by atoms with Crippen molar-refractivity contribution >= 4 is 47.3 Å². The number of esters is 1. The number of hydrogen-bond donors (Lipinski definition) is 4. The van der Waals surface area contributed by atoms with Crippen LogP contribution in [0.5, 0.6) is 0 Å². The first-order valence-electron chi connectivity index (χ1n) is 24.2. The van der Waals surface area contributed by atoms with Crippen LogP contribution in [-0.2, 0) is 38.3 Å². The van der Waals surface area contributed by atoms with Gasteiger partial charge in [0.15, 0.2) is 0 Å². The van der Waals surface area contributed by atoms with Crippen molar-refractivity contribution < 1.29 is 33.5 Å². The lowest BCUT2D eigenvalue weighted by atomic mass is 9.84. The summed E-state index contributed by atoms with van der Waals surface area (Å²) in [7, 11) is 0. The maximum absolute atomic E-state index is 14.6. The Morgan fingerprint density at radius 2 is 1.32 bits per heavy atom. The van der Waals surface area contributed by atoms with Gasteiger partial charge in [0.2, 0.25) is 29.5 Å². The third kappa shape index (κ3) is 11.7. The van der Waals surface area contributed by atoms with Crippen LogP contribution in [-0.4, -0.2) is 107 Å². The highest BCUT2D eigenvalue weighted by Crippen LogP contribution is 2.49. The fourth-order valence-corrected chi connectivity index (χ4v) is 12.2. The van der Waals surface area contributed by atoms with Crippen molar-refractivity contribution in [2.24, 2.45) is 17.6 Å². The molecule has 4 fully saturated rings. The van der Waals surface area contributed by atoms with Crippen LogP contribution in [0.25, 0.3) is 0 Å². The van der Waals surface area contributed by atoms with Gasteiger partial charge in [0.1, 0.15) is 30.8 Å². The molecule has 0 radical (unpaired) electrons. The van der Waals surface area contributed by atoms with E-state index in [1.54, 1.807) is 9.80 Å². The number of likely N-dealkylation sites (tertiary alicyclic amines) is 2. The van der Waals surface area contributed by atoms with Crippen LogP contribution in [0.15, 0.2) is 91.0 Å². The summed E-state index contributed by atoms with van der Waals surface area (Å²) in [5.74, 6) is -2.16. The SMILES string of the molecule is CC(C)C[C@H](N)C(=O)N1CCC[C@H]1C(=O)N1[C@H](C(=O)NCC(=O)N[C@@H](CSC(c2ccccc2)(c2ccccc2)c2ccccc2)C(=O)NCC(=O)OC2CCCCC2)C[C@@H]2CCCC[C@@H]21. The molecule has 3 aromatic rings. The highest BCUT2D eigenvalue weighted by atomic mass is 32.2. The maximum Gasteiger partial charge on any atom is 0.325 e. The van der Waals surface area contributed by atoms with Gasteiger partial charge in [0, 0.05) is 18.3 Å². The van der Waals surface area contributed by atoms with Crippen molar-refractivity contribution in [2.45, 2.75) is 138 Å². The summed E-state index contributed by atoms with van der Waals surface area (Å²) in [6, 6.07) is 26.5. The van der Waals surface area contributed by atoms with Crippen LogP contribution in [0.2, 0.25) is 0 Å². The fraction of sp³-hybridized carbons (Fsp3) is 0.538. The number of nitrogens with two attached hydrogens (primary N) is 1. The number of carbonyl (C=O) groups is 6. The molecule has 13 nitrogen and oxygen atoms in total. The third-order valence-corrected chi connectivity index (χ3v) is 15.5. The van der Waals surface area contributed by atoms with E-state index in [1.807, 2.05) is 68.4 Å². The van der Waals surface area contributed by atoms with E-state index >= 15 is 0 Å². The van der Waals surface area contributed by atoms with Gasteiger partial charge in [-0.05, 0) is 92.7 Å². The average molecular weight is 921 g/mol. The minimum absolute atomic E-state index is 0.0908. The first-order valence-corrected chi connectivity index (χ1v) is 25.2. The lowest BCUT2D eigenvalue weighted by Gasteiger charge is -2.37. The topological polar surface area (TPSA) is 180 Å². The Bertz CT molecular complexity index is 2020. The molecule has 2 heterocycles. The van der Waals surface area contributed by atoms with Gasteiger partial charge in [-0.25, -0.2) is 0 Å². The van der Waals surface area contributed by atoms with E-state index in [1.165, 1.54) is 11.8 Å². The van der Waals surface area contributed by atoms with E-state index in [0.29, 0.717) is 32.2 Å². The molecule has 6 atom stereocenters. The van der Waals surface area contributed by atoms with E-state index in [-0.39, 0.29) is 48.1 Å². The van der Waals surface area contributed by atoms with Gasteiger partial charge in [0.25, 0.3) is 0 Å². The van der Waals surface area contributed by atoms with Crippen LogP contribution in [0.1, 0.15) is 114 Å². The number of amides is 5. The van der Waals surface area contributed by atoms with Gasteiger partial charge in [-0.2, -0.15) is 0 Å². The van der Waals surface area contributed by atoms with Gasteiger partial charge in [-0.1, -0.05) is 124 Å². The number of nitrogens with one attached hydrogen (secondary N) is 3. The van der Waals surface area contributed by atoms with Crippen LogP contribution in [0, 0.1) is 11.8 Å². The summed E-state index contributed by atoms with van der Waals surface area (Å²) in [4.78, 5) is 86.9. The number of nitrogens with zero attached hydrogens (tertiary/aromatic N) is 2. The van der Waals surface area contributed by atoms with E-state index in [0.717, 1.165) is 74.5 Å². The highest BCUT2D eigenvalue weighted by Gasteiger charge is 2.51. The van der Waals surface area contributed by atoms with Crippen molar-refractivity contribution in [1.29, 1.82) is 0 Å². The molecule has 5 N–H and O–H groups in total. The molecule has 14 heteroatoms. The summed E-state index contributed by atoms with van der Waals surface area (Å²) in [6.07, 6.45) is 10.3. The highest BCUT2D eigenvalue weighted by molar-refractivity contribution is 8.00. The van der Waals surface area contributed by atoms with Crippen molar-refractivity contribution in [3.05, 3.63) is 108 Å². The predicted octanol–water partition coefficient (Wildman–Crippen LogP) is 5.83. The number of carbonyl (C=O) groups excluding carboxylic acids is 6. The lowest BCUT2D eigenvalue weighted by Crippen LogP contribution is -2.58. The Hall–Kier alpha value is -5.21. The third-order valence-electron chi connectivity index (χ3n) is 13.8. The number of rotatable bonds is 18. The maximum atomic E-state index is 14.6. The normalized spacial score (nSPS) is 21.9. The Balaban J connectivity index is 1.09. The monoisotopic (exact) mass is 920 g/mol. The van der Waals surface area contributed by atoms with E-state index in [2.05, 4.69) is 52.3 Å². The quantitative estimate of drug-likeness (QED) is 0.0903. The molecule has 0 bridgehead atoms. The van der Waals surface area contributed by atoms with Crippen molar-refractivity contribution in [3.8, 4) is 0 Å². The molecule has 2 aliphatic heterocycles. The van der Waals surface area contributed by atoms with Crippen LogP contribution >= 0.6 is 11.8 Å². The molecular formula is C52H68N6O7S. The second-order valence-corrected chi connectivity index (χ2v) is 20.2. The number of benzene rings is 3. The molecule has 0 unspecified atom stereocenters. The Morgan fingerprint density at radius 1 is 0.727 bits per heavy atom. The summed E-state index contributed by atoms with van der Waals surface area (Å²) in [6.45, 7) is 3.67. The number of fused-ring (bicyclic) bond motifs is 1. The number of thioether (sulfide) groups is 1. The van der Waals surface area contributed by atoms with Crippen molar-refractivity contribution in [1.82, 2.24) is 25.8 Å². The molecule has 66 heavy (non-hydrogen) atoms. The van der Waals surface area contributed by atoms with Crippen LogP contribution in [0.4, 0.5) is 0 Å². The molecule has 354 valence electrons. The van der Waals surface area contributed by atoms with Crippen LogP contribution < -0.4 is 21.7 Å². The van der Waals surface area contributed by atoms with E-state index < -0.39 is 59.1 Å². The summed E-state index contributed by atoms with van der Waals surface area (Å²) < 4.78 is 4.88. The van der Waals surface area contributed by atoms with Gasteiger partial charge in [-0.3, -0.25) is 28.8 Å². The largest absolute Gasteiger partial charge is 0.461 e. The second kappa shape index (κ2) is 23.0. The van der Waals surface area contributed by atoms with Crippen molar-refractivity contribution in [2.75, 3.05) is 25.4 Å². The zero-order chi connectivity index (χ0) is 46.6. The molecule has 2 aliphatic carbocycles. The van der Waals surface area contributed by atoms with Gasteiger partial charge in [0.05, 0.1) is 17.3 Å². The van der Waals surface area contributed by atoms with Gasteiger partial charge in [-0.15, -0.1) is 11.8 Å². The standard InChI is InChI=1S/C52H68N6O7S/c1-35(2)30-41(53)50(63)57-29-17-28-44(57)51(64)58-43-27-16-15-18-36(43)31-45(58)49(62)54-32-46(59)56-42(48(61)55-33-47(60)65-40-25-13-6-14-26-40)34-66-52(37-19-7-3-8-20-37,38-21-9-4-10-22-38)39-23-11-5-12-24-39/h3-5,7-12,19-24,35-36,40-45H,6,13-18,25-34,53H2,1-2H3,(H,54,62)(H,55,61)(H,56,59)/t36-,41-,42-,43-,44-,45-/m0/s1. The summed E-state index contributed by atoms with van der Waals surface area (Å²) in [5, 5.41) is 8.44. The average Bonchev–Trinajstić information content (AvgIpc) is 3.99. The Labute approximate surface area is 394 Å². The molecule has 2 saturated heterocycles.